The summed E-state index contributed by atoms with van der Waals surface area (Å²) in [5.41, 5.74) is 1.66. The molecule has 0 bridgehead atoms. The minimum atomic E-state index is -0.335. The first kappa shape index (κ1) is 20.1. The molecule has 0 aromatic heterocycles. The molecule has 3 aromatic rings. The second-order valence-corrected chi connectivity index (χ2v) is 6.56. The third-order valence-corrected chi connectivity index (χ3v) is 4.38. The Hall–Kier alpha value is -3.60. The van der Waals surface area contributed by atoms with Crippen LogP contribution >= 0.6 is 0 Å². The molecule has 0 saturated heterocycles. The van der Waals surface area contributed by atoms with Gasteiger partial charge in [-0.05, 0) is 48.9 Å². The van der Waals surface area contributed by atoms with Gasteiger partial charge in [0.2, 0.25) is 11.8 Å². The Bertz CT molecular complexity index is 925. The van der Waals surface area contributed by atoms with Gasteiger partial charge in [0.25, 0.3) is 0 Å². The van der Waals surface area contributed by atoms with E-state index < -0.39 is 0 Å². The van der Waals surface area contributed by atoms with Crippen molar-refractivity contribution in [3.05, 3.63) is 90.5 Å². The molecular formula is C24H24N2O3. The second-order valence-electron chi connectivity index (χ2n) is 6.56. The van der Waals surface area contributed by atoms with Crippen molar-refractivity contribution in [2.45, 2.75) is 19.9 Å². The normalized spacial score (nSPS) is 10.2. The SMILES string of the molecule is CCN(Cc1ccccc1)C(=O)CC(=O)Nc1ccc(Oc2ccccc2)cc1. The zero-order chi connectivity index (χ0) is 20.5. The molecule has 0 fully saturated rings. The lowest BCUT2D eigenvalue weighted by molar-refractivity contribution is -0.134. The van der Waals surface area contributed by atoms with E-state index in [4.69, 9.17) is 4.74 Å². The Morgan fingerprint density at radius 1 is 0.828 bits per heavy atom. The number of anilines is 1. The van der Waals surface area contributed by atoms with Gasteiger partial charge in [0.1, 0.15) is 17.9 Å². The van der Waals surface area contributed by atoms with Crippen LogP contribution in [0.5, 0.6) is 11.5 Å². The van der Waals surface area contributed by atoms with Crippen molar-refractivity contribution < 1.29 is 14.3 Å². The van der Waals surface area contributed by atoms with Crippen LogP contribution in [0.4, 0.5) is 5.69 Å². The van der Waals surface area contributed by atoms with E-state index in [0.717, 1.165) is 11.3 Å². The molecule has 0 aliphatic heterocycles. The molecule has 2 amide bonds. The number of para-hydroxylation sites is 1. The molecular weight excluding hydrogens is 364 g/mol. The summed E-state index contributed by atoms with van der Waals surface area (Å²) in [4.78, 5) is 26.4. The molecule has 0 spiro atoms. The number of ether oxygens (including phenoxy) is 1. The van der Waals surface area contributed by atoms with Crippen LogP contribution in [0.15, 0.2) is 84.9 Å². The average molecular weight is 388 g/mol. The molecule has 0 atom stereocenters. The maximum absolute atomic E-state index is 12.5. The van der Waals surface area contributed by atoms with Crippen molar-refractivity contribution in [2.24, 2.45) is 0 Å². The highest BCUT2D eigenvalue weighted by Crippen LogP contribution is 2.22. The highest BCUT2D eigenvalue weighted by molar-refractivity contribution is 6.03. The van der Waals surface area contributed by atoms with Crippen LogP contribution < -0.4 is 10.1 Å². The van der Waals surface area contributed by atoms with Gasteiger partial charge in [0, 0.05) is 18.8 Å². The number of carbonyl (C=O) groups excluding carboxylic acids is 2. The van der Waals surface area contributed by atoms with Crippen molar-refractivity contribution in [2.75, 3.05) is 11.9 Å². The lowest BCUT2D eigenvalue weighted by Crippen LogP contribution is -2.33. The van der Waals surface area contributed by atoms with Crippen LogP contribution in [0.1, 0.15) is 18.9 Å². The van der Waals surface area contributed by atoms with Gasteiger partial charge in [0.15, 0.2) is 0 Å². The van der Waals surface area contributed by atoms with E-state index in [1.165, 1.54) is 0 Å². The average Bonchev–Trinajstić information content (AvgIpc) is 2.75. The minimum Gasteiger partial charge on any atom is -0.457 e. The first-order valence-corrected chi connectivity index (χ1v) is 9.58. The number of nitrogens with zero attached hydrogens (tertiary/aromatic N) is 1. The van der Waals surface area contributed by atoms with Crippen LogP contribution in [-0.2, 0) is 16.1 Å². The van der Waals surface area contributed by atoms with Gasteiger partial charge in [-0.25, -0.2) is 0 Å². The molecule has 3 aromatic carbocycles. The summed E-state index contributed by atoms with van der Waals surface area (Å²) in [6, 6.07) is 26.3. The fraction of sp³-hybridized carbons (Fsp3) is 0.167. The number of hydrogen-bond acceptors (Lipinski definition) is 3. The summed E-state index contributed by atoms with van der Waals surface area (Å²) in [6.07, 6.45) is -0.192. The molecule has 5 heteroatoms. The summed E-state index contributed by atoms with van der Waals surface area (Å²) < 4.78 is 5.73. The highest BCUT2D eigenvalue weighted by atomic mass is 16.5. The van der Waals surface area contributed by atoms with E-state index in [9.17, 15) is 9.59 Å². The summed E-state index contributed by atoms with van der Waals surface area (Å²) in [5.74, 6) is 0.884. The van der Waals surface area contributed by atoms with Crippen LogP contribution in [0.2, 0.25) is 0 Å². The van der Waals surface area contributed by atoms with Crippen LogP contribution in [0.25, 0.3) is 0 Å². The summed E-state index contributed by atoms with van der Waals surface area (Å²) in [5, 5.41) is 2.76. The number of amides is 2. The molecule has 148 valence electrons. The zero-order valence-corrected chi connectivity index (χ0v) is 16.4. The second kappa shape index (κ2) is 10.1. The predicted octanol–water partition coefficient (Wildman–Crippen LogP) is 4.86. The van der Waals surface area contributed by atoms with E-state index in [-0.39, 0.29) is 18.2 Å². The summed E-state index contributed by atoms with van der Waals surface area (Å²) in [6.45, 7) is 2.95. The van der Waals surface area contributed by atoms with E-state index in [0.29, 0.717) is 24.5 Å². The molecule has 0 radical (unpaired) electrons. The van der Waals surface area contributed by atoms with Gasteiger partial charge in [-0.15, -0.1) is 0 Å². The van der Waals surface area contributed by atoms with Crippen molar-refractivity contribution in [3.63, 3.8) is 0 Å². The van der Waals surface area contributed by atoms with Gasteiger partial charge >= 0.3 is 0 Å². The highest BCUT2D eigenvalue weighted by Gasteiger charge is 2.16. The monoisotopic (exact) mass is 388 g/mol. The van der Waals surface area contributed by atoms with Crippen LogP contribution in [0, 0.1) is 0 Å². The first-order chi connectivity index (χ1) is 14.1. The van der Waals surface area contributed by atoms with Crippen LogP contribution in [0.3, 0.4) is 0 Å². The Morgan fingerprint density at radius 3 is 2.03 bits per heavy atom. The maximum Gasteiger partial charge on any atom is 0.233 e. The molecule has 1 N–H and O–H groups in total. The maximum atomic E-state index is 12.5. The number of hydrogen-bond donors (Lipinski definition) is 1. The molecule has 3 rings (SSSR count). The lowest BCUT2D eigenvalue weighted by atomic mass is 10.2. The molecule has 0 aliphatic rings. The topological polar surface area (TPSA) is 58.6 Å². The lowest BCUT2D eigenvalue weighted by Gasteiger charge is -2.21. The van der Waals surface area contributed by atoms with Crippen molar-refractivity contribution >= 4 is 17.5 Å². The first-order valence-electron chi connectivity index (χ1n) is 9.58. The Labute approximate surface area is 170 Å². The number of carbonyl (C=O) groups is 2. The molecule has 0 aliphatic carbocycles. The number of nitrogens with one attached hydrogen (secondary N) is 1. The van der Waals surface area contributed by atoms with E-state index in [1.54, 1.807) is 29.2 Å². The van der Waals surface area contributed by atoms with E-state index >= 15 is 0 Å². The fourth-order valence-corrected chi connectivity index (χ4v) is 2.87. The molecule has 5 nitrogen and oxygen atoms in total. The molecule has 0 saturated carbocycles. The standard InChI is InChI=1S/C24H24N2O3/c1-2-26(18-19-9-5-3-6-10-19)24(28)17-23(27)25-20-13-15-22(16-14-20)29-21-11-7-4-8-12-21/h3-16H,2,17-18H2,1H3,(H,25,27). The third kappa shape index (κ3) is 6.21. The molecule has 29 heavy (non-hydrogen) atoms. The quantitative estimate of drug-likeness (QED) is 0.561. The van der Waals surface area contributed by atoms with Crippen molar-refractivity contribution in [1.29, 1.82) is 0 Å². The minimum absolute atomic E-state index is 0.192. The summed E-state index contributed by atoms with van der Waals surface area (Å²) in [7, 11) is 0. The third-order valence-electron chi connectivity index (χ3n) is 4.38. The van der Waals surface area contributed by atoms with E-state index in [2.05, 4.69) is 5.32 Å². The fourth-order valence-electron chi connectivity index (χ4n) is 2.87. The summed E-state index contributed by atoms with van der Waals surface area (Å²) >= 11 is 0. The number of benzene rings is 3. The van der Waals surface area contributed by atoms with Crippen molar-refractivity contribution in [3.8, 4) is 11.5 Å². The van der Waals surface area contributed by atoms with Gasteiger partial charge in [-0.1, -0.05) is 48.5 Å². The number of rotatable bonds is 8. The Balaban J connectivity index is 1.52. The predicted molar refractivity (Wildman–Crippen MR) is 114 cm³/mol. The van der Waals surface area contributed by atoms with E-state index in [1.807, 2.05) is 67.6 Å². The Morgan fingerprint density at radius 2 is 1.41 bits per heavy atom. The molecule has 0 unspecified atom stereocenters. The van der Waals surface area contributed by atoms with Crippen molar-refractivity contribution in [1.82, 2.24) is 4.90 Å². The zero-order valence-electron chi connectivity index (χ0n) is 16.4. The van der Waals surface area contributed by atoms with Gasteiger partial charge in [-0.2, -0.15) is 0 Å². The van der Waals surface area contributed by atoms with Gasteiger partial charge in [-0.3, -0.25) is 9.59 Å². The molecule has 0 heterocycles. The largest absolute Gasteiger partial charge is 0.457 e. The Kier molecular flexibility index (Phi) is 7.00. The van der Waals surface area contributed by atoms with Crippen LogP contribution in [-0.4, -0.2) is 23.3 Å². The van der Waals surface area contributed by atoms with Gasteiger partial charge < -0.3 is 15.0 Å². The smallest absolute Gasteiger partial charge is 0.233 e. The van der Waals surface area contributed by atoms with Gasteiger partial charge in [0.05, 0.1) is 0 Å².